The molecule has 9 N–H and O–H groups in total. The number of rotatable bonds is 18. The summed E-state index contributed by atoms with van der Waals surface area (Å²) in [6.07, 6.45) is 3.34. The van der Waals surface area contributed by atoms with Crippen LogP contribution in [0, 0.1) is 5.92 Å². The van der Waals surface area contributed by atoms with Crippen molar-refractivity contribution in [1.82, 2.24) is 41.0 Å². The first-order valence-corrected chi connectivity index (χ1v) is 28.0. The summed E-state index contributed by atoms with van der Waals surface area (Å²) in [5, 5.41) is 11.2. The van der Waals surface area contributed by atoms with Crippen LogP contribution in [-0.4, -0.2) is 128 Å². The molecule has 4 aromatic carbocycles. The zero-order chi connectivity index (χ0) is 55.3. The number of likely N-dealkylation sites (tertiary alicyclic amines) is 1. The van der Waals surface area contributed by atoms with Crippen LogP contribution in [0.1, 0.15) is 108 Å². The Bertz CT molecular complexity index is 3040. The van der Waals surface area contributed by atoms with E-state index in [4.69, 9.17) is 5.73 Å². The molecule has 5 heterocycles. The number of primary amides is 1. The van der Waals surface area contributed by atoms with Gasteiger partial charge in [-0.1, -0.05) is 91.0 Å². The van der Waals surface area contributed by atoms with E-state index in [0.29, 0.717) is 45.3 Å². The van der Waals surface area contributed by atoms with Crippen molar-refractivity contribution in [3.8, 4) is 0 Å². The van der Waals surface area contributed by atoms with Crippen LogP contribution in [0.4, 0.5) is 8.78 Å². The van der Waals surface area contributed by atoms with E-state index in [9.17, 15) is 51.9 Å². The van der Waals surface area contributed by atoms with Gasteiger partial charge in [0.1, 0.15) is 23.8 Å². The Kier molecular flexibility index (Phi) is 17.0. The quantitative estimate of drug-likeness (QED) is 0.0440. The van der Waals surface area contributed by atoms with Gasteiger partial charge in [-0.25, -0.2) is 0 Å². The maximum atomic E-state index is 15.1. The number of aromatic amines is 1. The van der Waals surface area contributed by atoms with Crippen molar-refractivity contribution in [2.24, 2.45) is 11.7 Å². The molecule has 0 aliphatic carbocycles. The lowest BCUT2D eigenvalue weighted by Gasteiger charge is -2.40. The lowest BCUT2D eigenvalue weighted by molar-refractivity contribution is -0.144. The molecular formula is C56H64F2N9O10P. The first-order valence-electron chi connectivity index (χ1n) is 26.4. The molecular weight excluding hydrogens is 1030 g/mol. The summed E-state index contributed by atoms with van der Waals surface area (Å²) in [6, 6.07) is 26.1. The predicted octanol–water partition coefficient (Wildman–Crippen LogP) is 4.65. The number of fused-ring (bicyclic) bond motifs is 2. The molecule has 19 nitrogen and oxygen atoms in total. The van der Waals surface area contributed by atoms with E-state index in [2.05, 4.69) is 36.1 Å². The molecule has 1 unspecified atom stereocenters. The standard InChI is InChI=1S/C56H64F2N9O10P/c57-56(58,78(75,76)77)40-15-18-43-39(29-40)30-45(60-43)53(72)62-46-33-66(32-35-23-26-65(27-24-35)31-34-11-13-36(14-12-34)42-17-22-49(69)63-51(42)70)28-25-41-16-20-47(67(41)55(46)74)54(73)61-44(19-21-48(59)68)52(71)64-50(37-7-3-1-4-8-37)38-9-5-2-6-10-38/h1-15,18,29-30,35,41-42,44,46-47,50,60H,16-17,19-28,31-33H2,(H2,59,68)(H,61,73)(H,62,72)(H,64,71)(H,63,69,70)(H2,75,76,77)/t41-,42?,44+,46+,47+/m1/s1. The van der Waals surface area contributed by atoms with Gasteiger partial charge in [0.15, 0.2) is 0 Å². The van der Waals surface area contributed by atoms with Gasteiger partial charge in [-0.2, -0.15) is 8.78 Å². The molecule has 412 valence electrons. The second-order valence-electron chi connectivity index (χ2n) is 20.9. The normalized spacial score (nSPS) is 21.3. The number of hydrogen-bond acceptors (Lipinski definition) is 10. The SMILES string of the molecule is NC(=O)CC[C@H](NC(=O)[C@@H]1CC[C@@H]2CCN(CC3CCN(Cc4ccc(C5CCC(=O)NC5=O)cc4)CC3)C[C@H](NC(=O)c3cc4cc(C(F)(F)P(=O)(O)O)ccc4[nH]3)C(=O)N21)C(=O)NC(c1ccccc1)c1ccccc1. The van der Waals surface area contributed by atoms with Crippen LogP contribution in [0.2, 0.25) is 0 Å². The second kappa shape index (κ2) is 23.8. The number of hydrogen-bond donors (Lipinski definition) is 8. The van der Waals surface area contributed by atoms with E-state index < -0.39 is 78.6 Å². The maximum Gasteiger partial charge on any atom is 0.399 e. The summed E-state index contributed by atoms with van der Waals surface area (Å²) in [7, 11) is -5.89. The van der Waals surface area contributed by atoms with Crippen molar-refractivity contribution < 1.29 is 56.7 Å². The summed E-state index contributed by atoms with van der Waals surface area (Å²) in [5.74, 6) is -3.83. The number of benzene rings is 4. The molecule has 1 aromatic heterocycles. The minimum absolute atomic E-state index is 0.0603. The second-order valence-corrected chi connectivity index (χ2v) is 22.6. The van der Waals surface area contributed by atoms with Crippen LogP contribution in [0.15, 0.2) is 109 Å². The molecule has 0 radical (unpaired) electrons. The highest BCUT2D eigenvalue weighted by Crippen LogP contribution is 2.59. The predicted molar refractivity (Wildman–Crippen MR) is 283 cm³/mol. The van der Waals surface area contributed by atoms with Gasteiger partial charge in [0.25, 0.3) is 5.91 Å². The van der Waals surface area contributed by atoms with Crippen molar-refractivity contribution in [3.05, 3.63) is 143 Å². The lowest BCUT2D eigenvalue weighted by Crippen LogP contribution is -2.61. The molecule has 9 rings (SSSR count). The highest BCUT2D eigenvalue weighted by atomic mass is 31.2. The average Bonchev–Trinajstić information content (AvgIpc) is 4.15. The van der Waals surface area contributed by atoms with Crippen LogP contribution in [0.25, 0.3) is 10.9 Å². The van der Waals surface area contributed by atoms with Crippen molar-refractivity contribution in [3.63, 3.8) is 0 Å². The van der Waals surface area contributed by atoms with Gasteiger partial charge in [-0.3, -0.25) is 48.3 Å². The molecule has 78 heavy (non-hydrogen) atoms. The Hall–Kier alpha value is -7.16. The number of carbonyl (C=O) groups is 7. The van der Waals surface area contributed by atoms with Gasteiger partial charge >= 0.3 is 13.3 Å². The Labute approximate surface area is 449 Å². The van der Waals surface area contributed by atoms with Gasteiger partial charge in [0.2, 0.25) is 35.4 Å². The lowest BCUT2D eigenvalue weighted by atomic mass is 9.90. The fourth-order valence-corrected chi connectivity index (χ4v) is 11.8. The number of imide groups is 1. The third-order valence-electron chi connectivity index (χ3n) is 15.6. The third kappa shape index (κ3) is 12.9. The van der Waals surface area contributed by atoms with Crippen molar-refractivity contribution >= 4 is 59.8 Å². The first-order chi connectivity index (χ1) is 37.3. The molecule has 0 saturated carbocycles. The van der Waals surface area contributed by atoms with Crippen LogP contribution in [0.5, 0.6) is 0 Å². The van der Waals surface area contributed by atoms with E-state index >= 15 is 4.79 Å². The van der Waals surface area contributed by atoms with E-state index in [1.807, 2.05) is 84.9 Å². The first kappa shape index (κ1) is 55.6. The Balaban J connectivity index is 0.911. The zero-order valence-electron chi connectivity index (χ0n) is 42.8. The minimum atomic E-state index is -5.89. The number of H-pyrrole nitrogens is 1. The summed E-state index contributed by atoms with van der Waals surface area (Å²) in [5.41, 5.74) is 3.74. The van der Waals surface area contributed by atoms with Crippen LogP contribution in [-0.2, 0) is 45.5 Å². The number of nitrogens with two attached hydrogens (primary N) is 1. The molecule has 7 amide bonds. The average molecular weight is 1090 g/mol. The molecule has 5 aromatic rings. The fourth-order valence-electron chi connectivity index (χ4n) is 11.3. The van der Waals surface area contributed by atoms with E-state index in [1.165, 1.54) is 17.0 Å². The third-order valence-corrected chi connectivity index (χ3v) is 16.6. The Morgan fingerprint density at radius 3 is 2.10 bits per heavy atom. The molecule has 4 aliphatic heterocycles. The fraction of sp³-hybridized carbons (Fsp3) is 0.411. The molecule has 0 spiro atoms. The zero-order valence-corrected chi connectivity index (χ0v) is 43.7. The molecule has 4 aliphatic rings. The van der Waals surface area contributed by atoms with E-state index in [-0.39, 0.29) is 66.1 Å². The van der Waals surface area contributed by atoms with Crippen LogP contribution < -0.4 is 27.0 Å². The number of nitrogens with zero attached hydrogens (tertiary/aromatic N) is 3. The minimum Gasteiger partial charge on any atom is -0.370 e. The largest absolute Gasteiger partial charge is 0.399 e. The monoisotopic (exact) mass is 1090 g/mol. The Morgan fingerprint density at radius 2 is 1.46 bits per heavy atom. The molecule has 4 saturated heterocycles. The maximum absolute atomic E-state index is 15.1. The molecule has 5 atom stereocenters. The topological polar surface area (TPSA) is 277 Å². The smallest absolute Gasteiger partial charge is 0.370 e. The van der Waals surface area contributed by atoms with Crippen molar-refractivity contribution in [1.29, 1.82) is 0 Å². The van der Waals surface area contributed by atoms with Crippen LogP contribution in [0.3, 0.4) is 0 Å². The number of nitrogens with one attached hydrogen (secondary N) is 5. The summed E-state index contributed by atoms with van der Waals surface area (Å²) in [6.45, 7) is 3.50. The molecule has 0 bridgehead atoms. The van der Waals surface area contributed by atoms with Gasteiger partial charge in [0, 0.05) is 61.5 Å². The van der Waals surface area contributed by atoms with Crippen molar-refractivity contribution in [2.75, 3.05) is 32.7 Å². The number of piperidine rings is 2. The molecule has 22 heteroatoms. The number of aromatic nitrogens is 1. The molecule has 4 fully saturated rings. The number of amides is 7. The highest BCUT2D eigenvalue weighted by Gasteiger charge is 2.51. The Morgan fingerprint density at radius 1 is 0.795 bits per heavy atom. The van der Waals surface area contributed by atoms with Crippen molar-refractivity contribution in [2.45, 2.75) is 106 Å². The van der Waals surface area contributed by atoms with Gasteiger partial charge < -0.3 is 46.3 Å². The van der Waals surface area contributed by atoms with Gasteiger partial charge in [-0.15, -0.1) is 0 Å². The highest BCUT2D eigenvalue weighted by molar-refractivity contribution is 7.52. The van der Waals surface area contributed by atoms with Gasteiger partial charge in [0.05, 0.1) is 12.0 Å². The van der Waals surface area contributed by atoms with Gasteiger partial charge in [-0.05, 0) is 104 Å². The number of carbonyl (C=O) groups excluding carboxylic acids is 7. The number of halogens is 2. The summed E-state index contributed by atoms with van der Waals surface area (Å²) >= 11 is 0. The van der Waals surface area contributed by atoms with E-state index in [0.717, 1.165) is 60.3 Å². The van der Waals surface area contributed by atoms with E-state index in [1.54, 1.807) is 0 Å². The number of alkyl halides is 2. The summed E-state index contributed by atoms with van der Waals surface area (Å²) in [4.78, 5) is 122. The van der Waals surface area contributed by atoms with Crippen LogP contribution >= 0.6 is 7.60 Å². The summed E-state index contributed by atoms with van der Waals surface area (Å²) < 4.78 is 41.2.